The fourth-order valence-electron chi connectivity index (χ4n) is 1.71. The number of hydrogen-bond acceptors (Lipinski definition) is 4. The van der Waals surface area contributed by atoms with Crippen LogP contribution < -0.4 is 4.74 Å². The quantitative estimate of drug-likeness (QED) is 0.785. The van der Waals surface area contributed by atoms with Crippen molar-refractivity contribution in [1.29, 1.82) is 0 Å². The molecule has 4 heteroatoms. The number of methoxy groups -OCH3 is 1. The molecular formula is C15H16O3S. The molecule has 100 valence electrons. The van der Waals surface area contributed by atoms with E-state index in [2.05, 4.69) is 0 Å². The van der Waals surface area contributed by atoms with E-state index in [4.69, 9.17) is 9.47 Å². The number of carbonyl (C=O) groups excluding carboxylic acids is 1. The predicted octanol–water partition coefficient (Wildman–Crippen LogP) is 3.39. The summed E-state index contributed by atoms with van der Waals surface area (Å²) < 4.78 is 10.5. The maximum atomic E-state index is 11.8. The Labute approximate surface area is 116 Å². The highest BCUT2D eigenvalue weighted by molar-refractivity contribution is 7.10. The largest absolute Gasteiger partial charge is 0.492 e. The van der Waals surface area contributed by atoms with E-state index in [0.717, 1.165) is 10.6 Å². The minimum absolute atomic E-state index is 0.269. The Morgan fingerprint density at radius 2 is 2.00 bits per heavy atom. The van der Waals surface area contributed by atoms with Crippen molar-refractivity contribution in [3.05, 3.63) is 52.2 Å². The summed E-state index contributed by atoms with van der Waals surface area (Å²) in [5.41, 5.74) is 1.18. The van der Waals surface area contributed by atoms with Crippen molar-refractivity contribution in [2.24, 2.45) is 0 Å². The highest BCUT2D eigenvalue weighted by atomic mass is 32.1. The molecule has 3 nitrogen and oxygen atoms in total. The van der Waals surface area contributed by atoms with Crippen LogP contribution in [0.4, 0.5) is 0 Å². The van der Waals surface area contributed by atoms with Gasteiger partial charge in [0.25, 0.3) is 0 Å². The number of ether oxygens (including phenoxy) is 2. The van der Waals surface area contributed by atoms with E-state index >= 15 is 0 Å². The second-order valence-electron chi connectivity index (χ2n) is 4.22. The van der Waals surface area contributed by atoms with E-state index in [1.807, 2.05) is 48.7 Å². The van der Waals surface area contributed by atoms with E-state index in [9.17, 15) is 4.79 Å². The van der Waals surface area contributed by atoms with Crippen molar-refractivity contribution in [2.45, 2.75) is 12.8 Å². The number of thiophene rings is 1. The van der Waals surface area contributed by atoms with Gasteiger partial charge in [0.15, 0.2) is 0 Å². The summed E-state index contributed by atoms with van der Waals surface area (Å²) in [6.07, 6.45) is 0. The van der Waals surface area contributed by atoms with Crippen molar-refractivity contribution >= 4 is 17.3 Å². The maximum Gasteiger partial charge on any atom is 0.317 e. The molecule has 0 amide bonds. The molecule has 1 heterocycles. The lowest BCUT2D eigenvalue weighted by Crippen LogP contribution is -2.20. The van der Waals surface area contributed by atoms with E-state index in [1.54, 1.807) is 0 Å². The lowest BCUT2D eigenvalue weighted by Gasteiger charge is -2.14. The van der Waals surface area contributed by atoms with Crippen LogP contribution in [0, 0.1) is 6.92 Å². The summed E-state index contributed by atoms with van der Waals surface area (Å²) in [4.78, 5) is 12.7. The summed E-state index contributed by atoms with van der Waals surface area (Å²) in [7, 11) is 1.40. The standard InChI is InChI=1S/C15H16O3S/c1-11-5-7-12(8-6-11)18-10-13(15(16)17-2)14-4-3-9-19-14/h3-9,13H,10H2,1-2H3. The molecule has 1 aromatic carbocycles. The summed E-state index contributed by atoms with van der Waals surface area (Å²) >= 11 is 1.53. The summed E-state index contributed by atoms with van der Waals surface area (Å²) in [5.74, 6) is 0.122. The van der Waals surface area contributed by atoms with Gasteiger partial charge in [0.05, 0.1) is 7.11 Å². The highest BCUT2D eigenvalue weighted by Crippen LogP contribution is 2.24. The fraction of sp³-hybridized carbons (Fsp3) is 0.267. The molecule has 0 N–H and O–H groups in total. The Balaban J connectivity index is 2.05. The molecule has 2 rings (SSSR count). The van der Waals surface area contributed by atoms with Crippen LogP contribution in [0.1, 0.15) is 16.4 Å². The van der Waals surface area contributed by atoms with E-state index in [1.165, 1.54) is 24.0 Å². The monoisotopic (exact) mass is 276 g/mol. The minimum Gasteiger partial charge on any atom is -0.492 e. The van der Waals surface area contributed by atoms with E-state index in [0.29, 0.717) is 0 Å². The molecule has 0 radical (unpaired) electrons. The topological polar surface area (TPSA) is 35.5 Å². The Kier molecular flexibility index (Phi) is 4.58. The first kappa shape index (κ1) is 13.6. The van der Waals surface area contributed by atoms with Gasteiger partial charge in [-0.3, -0.25) is 4.79 Å². The van der Waals surface area contributed by atoms with Gasteiger partial charge in [-0.15, -0.1) is 11.3 Å². The zero-order chi connectivity index (χ0) is 13.7. The lowest BCUT2D eigenvalue weighted by molar-refractivity contribution is -0.143. The Morgan fingerprint density at radius 3 is 2.58 bits per heavy atom. The van der Waals surface area contributed by atoms with Crippen molar-refractivity contribution in [3.8, 4) is 5.75 Å². The van der Waals surface area contributed by atoms with Gasteiger partial charge in [-0.25, -0.2) is 0 Å². The van der Waals surface area contributed by atoms with Crippen molar-refractivity contribution < 1.29 is 14.3 Å². The van der Waals surface area contributed by atoms with Crippen LogP contribution in [0.5, 0.6) is 5.75 Å². The Morgan fingerprint density at radius 1 is 1.26 bits per heavy atom. The molecule has 0 saturated carbocycles. The molecule has 19 heavy (non-hydrogen) atoms. The predicted molar refractivity (Wildman–Crippen MR) is 75.8 cm³/mol. The lowest BCUT2D eigenvalue weighted by atomic mass is 10.1. The zero-order valence-electron chi connectivity index (χ0n) is 11.0. The Hall–Kier alpha value is -1.81. The number of aryl methyl sites for hydroxylation is 1. The molecule has 1 unspecified atom stereocenters. The van der Waals surface area contributed by atoms with E-state index < -0.39 is 0 Å². The highest BCUT2D eigenvalue weighted by Gasteiger charge is 2.23. The van der Waals surface area contributed by atoms with Crippen LogP contribution >= 0.6 is 11.3 Å². The van der Waals surface area contributed by atoms with Gasteiger partial charge in [-0.05, 0) is 30.5 Å². The molecule has 0 aliphatic carbocycles. The van der Waals surface area contributed by atoms with Crippen molar-refractivity contribution in [1.82, 2.24) is 0 Å². The molecule has 1 aromatic heterocycles. The van der Waals surface area contributed by atoms with Crippen LogP contribution in [-0.4, -0.2) is 19.7 Å². The van der Waals surface area contributed by atoms with Crippen molar-refractivity contribution in [2.75, 3.05) is 13.7 Å². The minimum atomic E-state index is -0.369. The van der Waals surface area contributed by atoms with Crippen LogP contribution in [0.3, 0.4) is 0 Å². The molecule has 0 bridgehead atoms. The van der Waals surface area contributed by atoms with Gasteiger partial charge >= 0.3 is 5.97 Å². The van der Waals surface area contributed by atoms with Crippen LogP contribution in [-0.2, 0) is 9.53 Å². The fourth-order valence-corrected chi connectivity index (χ4v) is 2.51. The first-order chi connectivity index (χ1) is 9.20. The number of benzene rings is 1. The van der Waals surface area contributed by atoms with Gasteiger partial charge in [0, 0.05) is 4.88 Å². The zero-order valence-corrected chi connectivity index (χ0v) is 11.8. The molecule has 0 saturated heterocycles. The molecule has 2 aromatic rings. The van der Waals surface area contributed by atoms with Crippen LogP contribution in [0.2, 0.25) is 0 Å². The number of carbonyl (C=O) groups is 1. The number of rotatable bonds is 5. The smallest absolute Gasteiger partial charge is 0.317 e. The normalized spacial score (nSPS) is 11.9. The van der Waals surface area contributed by atoms with Gasteiger partial charge in [-0.1, -0.05) is 23.8 Å². The molecule has 0 aliphatic heterocycles. The molecule has 0 spiro atoms. The number of esters is 1. The third-order valence-corrected chi connectivity index (χ3v) is 3.80. The summed E-state index contributed by atoms with van der Waals surface area (Å²) in [6.45, 7) is 2.31. The first-order valence-corrected chi connectivity index (χ1v) is 6.89. The number of hydrogen-bond donors (Lipinski definition) is 0. The average Bonchev–Trinajstić information content (AvgIpc) is 2.94. The average molecular weight is 276 g/mol. The van der Waals surface area contributed by atoms with Gasteiger partial charge in [-0.2, -0.15) is 0 Å². The second-order valence-corrected chi connectivity index (χ2v) is 5.19. The van der Waals surface area contributed by atoms with Crippen LogP contribution in [0.15, 0.2) is 41.8 Å². The third kappa shape index (κ3) is 3.58. The van der Waals surface area contributed by atoms with Gasteiger partial charge < -0.3 is 9.47 Å². The van der Waals surface area contributed by atoms with Crippen LogP contribution in [0.25, 0.3) is 0 Å². The van der Waals surface area contributed by atoms with Crippen molar-refractivity contribution in [3.63, 3.8) is 0 Å². The van der Waals surface area contributed by atoms with Gasteiger partial charge in [0.1, 0.15) is 18.3 Å². The van der Waals surface area contributed by atoms with E-state index in [-0.39, 0.29) is 18.5 Å². The Bertz CT molecular complexity index is 517. The first-order valence-electron chi connectivity index (χ1n) is 6.01. The molecule has 1 atom stereocenters. The second kappa shape index (κ2) is 6.38. The van der Waals surface area contributed by atoms with Gasteiger partial charge in [0.2, 0.25) is 0 Å². The molecule has 0 aliphatic rings. The maximum absolute atomic E-state index is 11.8. The molecule has 0 fully saturated rings. The SMILES string of the molecule is COC(=O)C(COc1ccc(C)cc1)c1cccs1. The molecular weight excluding hydrogens is 260 g/mol. The summed E-state index contributed by atoms with van der Waals surface area (Å²) in [5, 5.41) is 1.94. The summed E-state index contributed by atoms with van der Waals surface area (Å²) in [6, 6.07) is 11.6. The third-order valence-electron chi connectivity index (χ3n) is 2.81.